The van der Waals surface area contributed by atoms with E-state index in [0.29, 0.717) is 18.9 Å². The van der Waals surface area contributed by atoms with Gasteiger partial charge in [0.05, 0.1) is 6.42 Å². The maximum absolute atomic E-state index is 12.4. The number of rotatable bonds is 7. The summed E-state index contributed by atoms with van der Waals surface area (Å²) >= 11 is 0. The Balaban J connectivity index is 2.70. The number of aryl methyl sites for hydroxylation is 2. The number of benzene rings is 1. The van der Waals surface area contributed by atoms with Crippen molar-refractivity contribution in [3.05, 3.63) is 34.9 Å². The Morgan fingerprint density at radius 2 is 1.95 bits per heavy atom. The third kappa shape index (κ3) is 5.33. The molecule has 3 nitrogen and oxygen atoms in total. The number of hydrogen-bond acceptors (Lipinski definition) is 2. The highest BCUT2D eigenvalue weighted by molar-refractivity contribution is 5.78. The largest absolute Gasteiger partial charge is 0.342 e. The van der Waals surface area contributed by atoms with Gasteiger partial charge in [0.2, 0.25) is 5.91 Å². The van der Waals surface area contributed by atoms with Gasteiger partial charge >= 0.3 is 0 Å². The van der Waals surface area contributed by atoms with Crippen LogP contribution in [0.3, 0.4) is 0 Å². The lowest BCUT2D eigenvalue weighted by Gasteiger charge is -2.24. The van der Waals surface area contributed by atoms with Gasteiger partial charge in [-0.3, -0.25) is 4.79 Å². The Morgan fingerprint density at radius 1 is 1.25 bits per heavy atom. The van der Waals surface area contributed by atoms with Crippen molar-refractivity contribution in [3.63, 3.8) is 0 Å². The van der Waals surface area contributed by atoms with Crippen molar-refractivity contribution in [2.24, 2.45) is 11.7 Å². The van der Waals surface area contributed by atoms with Gasteiger partial charge in [0.1, 0.15) is 0 Å². The van der Waals surface area contributed by atoms with E-state index in [9.17, 15) is 4.79 Å². The fraction of sp³-hybridized carbons (Fsp3) is 0.588. The lowest BCUT2D eigenvalue weighted by Crippen LogP contribution is -2.36. The number of hydrogen-bond donors (Lipinski definition) is 1. The second kappa shape index (κ2) is 8.05. The van der Waals surface area contributed by atoms with Gasteiger partial charge < -0.3 is 10.6 Å². The molecule has 1 aromatic carbocycles. The van der Waals surface area contributed by atoms with Crippen LogP contribution in [-0.4, -0.2) is 30.4 Å². The summed E-state index contributed by atoms with van der Waals surface area (Å²) in [6, 6.07) is 6.26. The first kappa shape index (κ1) is 16.7. The first-order valence-electron chi connectivity index (χ1n) is 7.48. The highest BCUT2D eigenvalue weighted by Crippen LogP contribution is 2.12. The van der Waals surface area contributed by atoms with Crippen LogP contribution in [-0.2, 0) is 11.2 Å². The van der Waals surface area contributed by atoms with Crippen molar-refractivity contribution in [2.45, 2.75) is 40.5 Å². The molecule has 0 spiro atoms. The molecule has 3 heteroatoms. The van der Waals surface area contributed by atoms with E-state index in [-0.39, 0.29) is 5.91 Å². The topological polar surface area (TPSA) is 46.3 Å². The molecule has 0 saturated heterocycles. The van der Waals surface area contributed by atoms with Crippen LogP contribution < -0.4 is 5.73 Å². The van der Waals surface area contributed by atoms with Crippen LogP contribution >= 0.6 is 0 Å². The Kier molecular flexibility index (Phi) is 6.73. The summed E-state index contributed by atoms with van der Waals surface area (Å²) in [5.41, 5.74) is 9.17. The highest BCUT2D eigenvalue weighted by Gasteiger charge is 2.15. The molecule has 1 rings (SSSR count). The van der Waals surface area contributed by atoms with Gasteiger partial charge in [-0.05, 0) is 49.4 Å². The van der Waals surface area contributed by atoms with Crippen LogP contribution in [0.2, 0.25) is 0 Å². The van der Waals surface area contributed by atoms with E-state index >= 15 is 0 Å². The summed E-state index contributed by atoms with van der Waals surface area (Å²) in [5, 5.41) is 0. The molecule has 0 aliphatic carbocycles. The summed E-state index contributed by atoms with van der Waals surface area (Å²) in [5.74, 6) is 0.687. The lowest BCUT2D eigenvalue weighted by atomic mass is 10.0. The molecule has 2 N–H and O–H groups in total. The van der Waals surface area contributed by atoms with Crippen molar-refractivity contribution >= 4 is 5.91 Å². The molecule has 112 valence electrons. The average molecular weight is 276 g/mol. The van der Waals surface area contributed by atoms with Crippen molar-refractivity contribution < 1.29 is 4.79 Å². The minimum Gasteiger partial charge on any atom is -0.342 e. The zero-order valence-electron chi connectivity index (χ0n) is 13.3. The van der Waals surface area contributed by atoms with Gasteiger partial charge in [-0.15, -0.1) is 0 Å². The monoisotopic (exact) mass is 276 g/mol. The van der Waals surface area contributed by atoms with Gasteiger partial charge in [0, 0.05) is 13.1 Å². The van der Waals surface area contributed by atoms with E-state index in [1.807, 2.05) is 4.90 Å². The van der Waals surface area contributed by atoms with Gasteiger partial charge in [-0.25, -0.2) is 0 Å². The fourth-order valence-corrected chi connectivity index (χ4v) is 2.24. The summed E-state index contributed by atoms with van der Waals surface area (Å²) in [6.45, 7) is 10.7. The molecule has 0 aliphatic rings. The molecule has 1 amide bonds. The lowest BCUT2D eigenvalue weighted by molar-refractivity contribution is -0.131. The summed E-state index contributed by atoms with van der Waals surface area (Å²) < 4.78 is 0. The smallest absolute Gasteiger partial charge is 0.226 e. The average Bonchev–Trinajstić information content (AvgIpc) is 2.38. The standard InChI is InChI=1S/C17H28N2O/c1-13(2)12-19(9-5-8-18)17(20)11-16-7-6-14(3)15(4)10-16/h6-7,10,13H,5,8-9,11-12,18H2,1-4H3. The molecular weight excluding hydrogens is 248 g/mol. The maximum Gasteiger partial charge on any atom is 0.226 e. The number of carbonyl (C=O) groups excluding carboxylic acids is 1. The van der Waals surface area contributed by atoms with Crippen LogP contribution in [0.1, 0.15) is 37.0 Å². The third-order valence-corrected chi connectivity index (χ3v) is 3.50. The predicted molar refractivity (Wildman–Crippen MR) is 84.7 cm³/mol. The van der Waals surface area contributed by atoms with Crippen molar-refractivity contribution in [2.75, 3.05) is 19.6 Å². The highest BCUT2D eigenvalue weighted by atomic mass is 16.2. The van der Waals surface area contributed by atoms with Gasteiger partial charge in [-0.2, -0.15) is 0 Å². The van der Waals surface area contributed by atoms with Crippen LogP contribution in [0.4, 0.5) is 0 Å². The van der Waals surface area contributed by atoms with Gasteiger partial charge in [0.25, 0.3) is 0 Å². The SMILES string of the molecule is Cc1ccc(CC(=O)N(CCCN)CC(C)C)cc1C. The summed E-state index contributed by atoms with van der Waals surface area (Å²) in [6.07, 6.45) is 1.35. The minimum absolute atomic E-state index is 0.204. The quantitative estimate of drug-likeness (QED) is 0.832. The normalized spacial score (nSPS) is 10.9. The minimum atomic E-state index is 0.204. The van der Waals surface area contributed by atoms with Crippen LogP contribution in [0.15, 0.2) is 18.2 Å². The molecule has 0 heterocycles. The molecule has 0 fully saturated rings. The first-order chi connectivity index (χ1) is 9.43. The Hall–Kier alpha value is -1.35. The maximum atomic E-state index is 12.4. The Labute approximate surface area is 123 Å². The van der Waals surface area contributed by atoms with E-state index in [0.717, 1.165) is 25.1 Å². The predicted octanol–water partition coefficient (Wildman–Crippen LogP) is 2.68. The molecule has 0 bridgehead atoms. The van der Waals surface area contributed by atoms with E-state index in [1.54, 1.807) is 0 Å². The molecule has 0 atom stereocenters. The number of amides is 1. The molecule has 0 saturated carbocycles. The van der Waals surface area contributed by atoms with Gasteiger partial charge in [-0.1, -0.05) is 32.0 Å². The van der Waals surface area contributed by atoms with Crippen molar-refractivity contribution in [1.29, 1.82) is 0 Å². The second-order valence-corrected chi connectivity index (χ2v) is 5.97. The second-order valence-electron chi connectivity index (χ2n) is 5.97. The number of carbonyl (C=O) groups is 1. The fourth-order valence-electron chi connectivity index (χ4n) is 2.24. The van der Waals surface area contributed by atoms with E-state index in [1.165, 1.54) is 11.1 Å². The molecule has 0 aliphatic heterocycles. The van der Waals surface area contributed by atoms with Crippen LogP contribution in [0.5, 0.6) is 0 Å². The molecule has 1 aromatic rings. The molecule has 0 unspecified atom stereocenters. The van der Waals surface area contributed by atoms with E-state index in [4.69, 9.17) is 5.73 Å². The molecule has 0 radical (unpaired) electrons. The molecular formula is C17H28N2O. The first-order valence-corrected chi connectivity index (χ1v) is 7.48. The number of nitrogens with two attached hydrogens (primary N) is 1. The van der Waals surface area contributed by atoms with Crippen LogP contribution in [0, 0.1) is 19.8 Å². The zero-order chi connectivity index (χ0) is 15.1. The summed E-state index contributed by atoms with van der Waals surface area (Å²) in [7, 11) is 0. The molecule has 20 heavy (non-hydrogen) atoms. The summed E-state index contributed by atoms with van der Waals surface area (Å²) in [4.78, 5) is 14.4. The molecule has 0 aromatic heterocycles. The number of nitrogens with zero attached hydrogens (tertiary/aromatic N) is 1. The third-order valence-electron chi connectivity index (χ3n) is 3.50. The van der Waals surface area contributed by atoms with Crippen LogP contribution in [0.25, 0.3) is 0 Å². The van der Waals surface area contributed by atoms with Crippen molar-refractivity contribution in [1.82, 2.24) is 4.90 Å². The van der Waals surface area contributed by atoms with E-state index in [2.05, 4.69) is 45.9 Å². The van der Waals surface area contributed by atoms with E-state index < -0.39 is 0 Å². The zero-order valence-corrected chi connectivity index (χ0v) is 13.3. The van der Waals surface area contributed by atoms with Crippen molar-refractivity contribution in [3.8, 4) is 0 Å². The Bertz CT molecular complexity index is 441. The Morgan fingerprint density at radius 3 is 2.50 bits per heavy atom. The van der Waals surface area contributed by atoms with Gasteiger partial charge in [0.15, 0.2) is 0 Å².